The first-order valence-electron chi connectivity index (χ1n) is 7.22. The molecule has 0 saturated carbocycles. The molecule has 0 bridgehead atoms. The normalized spacial score (nSPS) is 11.1. The number of ether oxygens (including phenoxy) is 1. The predicted molar refractivity (Wildman–Crippen MR) is 92.0 cm³/mol. The number of nitrogens with two attached hydrogens (primary N) is 1. The summed E-state index contributed by atoms with van der Waals surface area (Å²) in [5.74, 6) is 0.758. The third-order valence-corrected chi connectivity index (χ3v) is 3.23. The first-order chi connectivity index (χ1) is 10.7. The highest BCUT2D eigenvalue weighted by molar-refractivity contribution is 6.32. The van der Waals surface area contributed by atoms with Crippen LogP contribution >= 0.6 is 11.6 Å². The molecule has 122 valence electrons. The minimum Gasteiger partial charge on any atom is -0.454 e. The van der Waals surface area contributed by atoms with Gasteiger partial charge in [0, 0.05) is 12.2 Å². The van der Waals surface area contributed by atoms with Crippen LogP contribution < -0.4 is 15.8 Å². The van der Waals surface area contributed by atoms with E-state index in [1.807, 2.05) is 20.8 Å². The van der Waals surface area contributed by atoms with Gasteiger partial charge in [-0.2, -0.15) is 0 Å². The molecule has 0 saturated heterocycles. The molecular formula is C17H20ClN3O2. The highest BCUT2D eigenvalue weighted by atomic mass is 35.5. The van der Waals surface area contributed by atoms with Crippen molar-refractivity contribution in [2.75, 3.05) is 12.3 Å². The molecule has 0 fully saturated rings. The summed E-state index contributed by atoms with van der Waals surface area (Å²) in [6, 6.07) is 8.27. The van der Waals surface area contributed by atoms with E-state index >= 15 is 0 Å². The van der Waals surface area contributed by atoms with Gasteiger partial charge in [0.2, 0.25) is 0 Å². The number of nitrogen functional groups attached to an aromatic ring is 1. The molecule has 0 aliphatic heterocycles. The Hall–Kier alpha value is -2.27. The molecule has 23 heavy (non-hydrogen) atoms. The van der Waals surface area contributed by atoms with Crippen LogP contribution in [0.25, 0.3) is 0 Å². The van der Waals surface area contributed by atoms with E-state index in [1.54, 1.807) is 30.3 Å². The number of carbonyl (C=O) groups is 1. The highest BCUT2D eigenvalue weighted by Gasteiger charge is 2.14. The maximum atomic E-state index is 12.0. The Morgan fingerprint density at radius 2 is 2.04 bits per heavy atom. The number of hydrogen-bond donors (Lipinski definition) is 2. The van der Waals surface area contributed by atoms with Gasteiger partial charge >= 0.3 is 0 Å². The van der Waals surface area contributed by atoms with Crippen LogP contribution in [0.1, 0.15) is 31.3 Å². The van der Waals surface area contributed by atoms with Crippen molar-refractivity contribution in [2.24, 2.45) is 5.41 Å². The molecule has 2 aromatic rings. The summed E-state index contributed by atoms with van der Waals surface area (Å²) in [7, 11) is 0. The van der Waals surface area contributed by atoms with Gasteiger partial charge in [-0.15, -0.1) is 0 Å². The molecule has 1 amide bonds. The van der Waals surface area contributed by atoms with Gasteiger partial charge in [0.05, 0.1) is 11.2 Å². The molecule has 1 heterocycles. The fourth-order valence-electron chi connectivity index (χ4n) is 1.74. The maximum absolute atomic E-state index is 12.0. The quantitative estimate of drug-likeness (QED) is 0.832. The number of anilines is 1. The number of aromatic nitrogens is 1. The summed E-state index contributed by atoms with van der Waals surface area (Å²) < 4.78 is 5.63. The van der Waals surface area contributed by atoms with Crippen molar-refractivity contribution in [2.45, 2.75) is 20.8 Å². The van der Waals surface area contributed by atoms with Crippen molar-refractivity contribution < 1.29 is 9.53 Å². The van der Waals surface area contributed by atoms with Crippen LogP contribution in [-0.2, 0) is 0 Å². The first-order valence-corrected chi connectivity index (χ1v) is 7.59. The van der Waals surface area contributed by atoms with E-state index < -0.39 is 0 Å². The lowest BCUT2D eigenvalue weighted by Crippen LogP contribution is -2.32. The number of benzene rings is 1. The molecule has 0 aliphatic rings. The largest absolute Gasteiger partial charge is 0.454 e. The molecule has 3 N–H and O–H groups in total. The maximum Gasteiger partial charge on any atom is 0.269 e. The Kier molecular flexibility index (Phi) is 5.11. The van der Waals surface area contributed by atoms with Crippen molar-refractivity contribution in [3.05, 3.63) is 47.2 Å². The van der Waals surface area contributed by atoms with Crippen molar-refractivity contribution >= 4 is 23.2 Å². The van der Waals surface area contributed by atoms with E-state index in [9.17, 15) is 4.79 Å². The van der Waals surface area contributed by atoms with Crippen molar-refractivity contribution in [1.29, 1.82) is 0 Å². The second kappa shape index (κ2) is 6.87. The Labute approximate surface area is 140 Å². The highest BCUT2D eigenvalue weighted by Crippen LogP contribution is 2.30. The molecule has 0 aliphatic carbocycles. The van der Waals surface area contributed by atoms with Gasteiger partial charge in [-0.1, -0.05) is 32.4 Å². The number of rotatable bonds is 4. The zero-order valence-electron chi connectivity index (χ0n) is 13.4. The van der Waals surface area contributed by atoms with Gasteiger partial charge in [0.15, 0.2) is 0 Å². The second-order valence-corrected chi connectivity index (χ2v) is 6.82. The molecule has 1 aromatic heterocycles. The van der Waals surface area contributed by atoms with Crippen molar-refractivity contribution in [3.8, 4) is 11.5 Å². The molecule has 0 unspecified atom stereocenters. The SMILES string of the molecule is CC(C)(C)CNC(=O)c1ccc(Oc2ccc(N)cc2Cl)cn1. The van der Waals surface area contributed by atoms with E-state index in [0.29, 0.717) is 34.4 Å². The van der Waals surface area contributed by atoms with Crippen LogP contribution in [-0.4, -0.2) is 17.4 Å². The van der Waals surface area contributed by atoms with Crippen LogP contribution in [0.4, 0.5) is 5.69 Å². The lowest BCUT2D eigenvalue weighted by Gasteiger charge is -2.18. The molecule has 0 spiro atoms. The van der Waals surface area contributed by atoms with Crippen LogP contribution in [0.3, 0.4) is 0 Å². The Morgan fingerprint density at radius 3 is 2.61 bits per heavy atom. The smallest absolute Gasteiger partial charge is 0.269 e. The number of halogens is 1. The average Bonchev–Trinajstić information content (AvgIpc) is 2.48. The lowest BCUT2D eigenvalue weighted by molar-refractivity contribution is 0.0934. The summed E-state index contributed by atoms with van der Waals surface area (Å²) >= 11 is 6.06. The molecule has 0 radical (unpaired) electrons. The van der Waals surface area contributed by atoms with Gasteiger partial charge in [0.25, 0.3) is 5.91 Å². The van der Waals surface area contributed by atoms with Crippen molar-refractivity contribution in [1.82, 2.24) is 10.3 Å². The van der Waals surface area contributed by atoms with Gasteiger partial charge < -0.3 is 15.8 Å². The van der Waals surface area contributed by atoms with Gasteiger partial charge in [-0.05, 0) is 35.7 Å². The molecule has 5 nitrogen and oxygen atoms in total. The van der Waals surface area contributed by atoms with E-state index in [2.05, 4.69) is 10.3 Å². The fourth-order valence-corrected chi connectivity index (χ4v) is 1.97. The molecule has 2 rings (SSSR count). The Balaban J connectivity index is 2.03. The first kappa shape index (κ1) is 17.1. The summed E-state index contributed by atoms with van der Waals surface area (Å²) in [6.45, 7) is 6.73. The number of pyridine rings is 1. The number of nitrogens with one attached hydrogen (secondary N) is 1. The van der Waals surface area contributed by atoms with E-state index in [1.165, 1.54) is 6.20 Å². The third-order valence-electron chi connectivity index (χ3n) is 2.93. The zero-order valence-corrected chi connectivity index (χ0v) is 14.1. The topological polar surface area (TPSA) is 77.2 Å². The van der Waals surface area contributed by atoms with Gasteiger partial charge in [0.1, 0.15) is 17.2 Å². The molecule has 6 heteroatoms. The summed E-state index contributed by atoms with van der Waals surface area (Å²) in [5.41, 5.74) is 6.55. The monoisotopic (exact) mass is 333 g/mol. The summed E-state index contributed by atoms with van der Waals surface area (Å²) in [5, 5.41) is 3.26. The number of nitrogens with zero attached hydrogens (tertiary/aromatic N) is 1. The van der Waals surface area contributed by atoms with E-state index in [-0.39, 0.29) is 11.3 Å². The lowest BCUT2D eigenvalue weighted by atomic mass is 9.97. The van der Waals surface area contributed by atoms with Crippen LogP contribution in [0.5, 0.6) is 11.5 Å². The molecule has 1 aromatic carbocycles. The number of amides is 1. The second-order valence-electron chi connectivity index (χ2n) is 6.41. The predicted octanol–water partition coefficient (Wildman–Crippen LogP) is 3.89. The summed E-state index contributed by atoms with van der Waals surface area (Å²) in [4.78, 5) is 16.1. The molecular weight excluding hydrogens is 314 g/mol. The van der Waals surface area contributed by atoms with E-state index in [0.717, 1.165) is 0 Å². The van der Waals surface area contributed by atoms with Crippen molar-refractivity contribution in [3.63, 3.8) is 0 Å². The Bertz CT molecular complexity index is 694. The zero-order chi connectivity index (χ0) is 17.0. The number of carbonyl (C=O) groups excluding carboxylic acids is 1. The average molecular weight is 334 g/mol. The molecule has 0 atom stereocenters. The Morgan fingerprint density at radius 1 is 1.30 bits per heavy atom. The van der Waals surface area contributed by atoms with Crippen LogP contribution in [0, 0.1) is 5.41 Å². The van der Waals surface area contributed by atoms with Gasteiger partial charge in [-0.3, -0.25) is 4.79 Å². The van der Waals surface area contributed by atoms with Gasteiger partial charge in [-0.25, -0.2) is 4.98 Å². The van der Waals surface area contributed by atoms with Crippen LogP contribution in [0.15, 0.2) is 36.5 Å². The summed E-state index contributed by atoms with van der Waals surface area (Å²) in [6.07, 6.45) is 1.48. The van der Waals surface area contributed by atoms with E-state index in [4.69, 9.17) is 22.1 Å². The minimum atomic E-state index is -0.211. The fraction of sp³-hybridized carbons (Fsp3) is 0.294. The number of hydrogen-bond acceptors (Lipinski definition) is 4. The van der Waals surface area contributed by atoms with Crippen LogP contribution in [0.2, 0.25) is 5.02 Å². The standard InChI is InChI=1S/C17H20ClN3O2/c1-17(2,3)10-21-16(22)14-6-5-12(9-20-14)23-15-7-4-11(19)8-13(15)18/h4-9H,10,19H2,1-3H3,(H,21,22). The minimum absolute atomic E-state index is 0.0185. The third kappa shape index (κ3) is 5.14.